The monoisotopic (exact) mass is 757 g/mol. The van der Waals surface area contributed by atoms with E-state index in [9.17, 15) is 34.8 Å². The molecular weight excluding hydrogens is 694 g/mol. The van der Waals surface area contributed by atoms with Gasteiger partial charge in [-0.2, -0.15) is 0 Å². The van der Waals surface area contributed by atoms with Crippen LogP contribution < -0.4 is 21.7 Å². The van der Waals surface area contributed by atoms with Crippen LogP contribution in [0, 0.1) is 11.8 Å². The molecule has 2 saturated carbocycles. The molecule has 1 saturated heterocycles. The number of carbonyl (C=O) groups excluding carboxylic acids is 3. The van der Waals surface area contributed by atoms with Crippen molar-refractivity contribution in [2.75, 3.05) is 33.3 Å². The zero-order valence-corrected chi connectivity index (χ0v) is 32.4. The highest BCUT2D eigenvalue weighted by Gasteiger charge is 2.54. The number of nitrogens with zero attached hydrogens (tertiary/aromatic N) is 1. The number of amides is 3. The predicted molar refractivity (Wildman–Crippen MR) is 191 cm³/mol. The normalized spacial score (nSPS) is 34.2. The maximum absolute atomic E-state index is 13.3. The number of aliphatic hydroxyl groups is 4. The molecule has 0 aromatic heterocycles. The Hall–Kier alpha value is -2.77. The van der Waals surface area contributed by atoms with Gasteiger partial charge in [0.15, 0.2) is 6.29 Å². The highest BCUT2D eigenvalue weighted by atomic mass is 16.7. The summed E-state index contributed by atoms with van der Waals surface area (Å²) in [6.07, 6.45) is -3.82. The minimum absolute atomic E-state index is 0.0744. The number of ether oxygens (including phenoxy) is 5. The van der Waals surface area contributed by atoms with Gasteiger partial charge in [-0.25, -0.2) is 9.59 Å². The molecule has 3 amide bonds. The van der Waals surface area contributed by atoms with Crippen LogP contribution in [0.3, 0.4) is 0 Å². The van der Waals surface area contributed by atoms with Crippen LogP contribution in [0.5, 0.6) is 0 Å². The molecule has 0 spiro atoms. The molecule has 0 bridgehead atoms. The van der Waals surface area contributed by atoms with Gasteiger partial charge in [0.05, 0.1) is 37.9 Å². The molecule has 53 heavy (non-hydrogen) atoms. The lowest BCUT2D eigenvalue weighted by molar-refractivity contribution is -0.305. The van der Waals surface area contributed by atoms with E-state index in [1.54, 1.807) is 41.5 Å². The highest BCUT2D eigenvalue weighted by Crippen LogP contribution is 2.37. The van der Waals surface area contributed by atoms with Crippen molar-refractivity contribution in [3.63, 3.8) is 0 Å². The van der Waals surface area contributed by atoms with Crippen LogP contribution in [0.4, 0.5) is 9.59 Å². The van der Waals surface area contributed by atoms with Gasteiger partial charge in [0.1, 0.15) is 47.0 Å². The van der Waals surface area contributed by atoms with E-state index < -0.39 is 102 Å². The molecule has 11 unspecified atom stereocenters. The van der Waals surface area contributed by atoms with Crippen molar-refractivity contribution in [2.45, 2.75) is 152 Å². The summed E-state index contributed by atoms with van der Waals surface area (Å²) in [4.78, 5) is 39.5. The maximum atomic E-state index is 13.3. The van der Waals surface area contributed by atoms with Crippen molar-refractivity contribution in [3.8, 4) is 0 Å². The van der Waals surface area contributed by atoms with E-state index in [0.29, 0.717) is 25.3 Å². The van der Waals surface area contributed by atoms with Crippen LogP contribution in [0.15, 0.2) is 11.8 Å². The lowest BCUT2D eigenvalue weighted by atomic mass is 9.73. The Morgan fingerprint density at radius 3 is 2.36 bits per heavy atom. The molecule has 0 aromatic rings. The molecule has 11 atom stereocenters. The zero-order valence-electron chi connectivity index (χ0n) is 32.4. The summed E-state index contributed by atoms with van der Waals surface area (Å²) in [5.74, 6) is -0.127. The van der Waals surface area contributed by atoms with Crippen molar-refractivity contribution in [2.24, 2.45) is 17.6 Å². The average molecular weight is 758 g/mol. The van der Waals surface area contributed by atoms with Crippen LogP contribution in [-0.2, 0) is 28.5 Å². The fourth-order valence-corrected chi connectivity index (χ4v) is 7.11. The average Bonchev–Trinajstić information content (AvgIpc) is 3.85. The summed E-state index contributed by atoms with van der Waals surface area (Å²) in [7, 11) is 1.38. The molecule has 2 aliphatic carbocycles. The lowest BCUT2D eigenvalue weighted by Crippen LogP contribution is -2.69. The number of aliphatic hydroxyl groups excluding tert-OH is 3. The van der Waals surface area contributed by atoms with E-state index in [4.69, 9.17) is 29.4 Å². The molecule has 2 heterocycles. The first kappa shape index (κ1) is 43.0. The van der Waals surface area contributed by atoms with E-state index in [1.807, 2.05) is 6.08 Å². The summed E-state index contributed by atoms with van der Waals surface area (Å²) in [6, 6.07) is -2.97. The van der Waals surface area contributed by atoms with E-state index in [1.165, 1.54) is 26.8 Å². The third-order valence-corrected chi connectivity index (χ3v) is 9.77. The minimum Gasteiger partial charge on any atom is -0.493 e. The first-order chi connectivity index (χ1) is 24.6. The van der Waals surface area contributed by atoms with Gasteiger partial charge < -0.3 is 70.7 Å². The number of alkyl carbamates (subject to hydrolysis) is 1. The summed E-state index contributed by atoms with van der Waals surface area (Å²) >= 11 is 0. The number of hydrogen-bond donors (Lipinski definition) is 8. The number of likely N-dealkylation sites (N-methyl/N-ethyl adjacent to an activating group) is 1. The smallest absolute Gasteiger partial charge is 0.410 e. The Balaban J connectivity index is 1.53. The van der Waals surface area contributed by atoms with Crippen molar-refractivity contribution in [1.29, 1.82) is 0 Å². The van der Waals surface area contributed by atoms with Crippen LogP contribution >= 0.6 is 0 Å². The Kier molecular flexibility index (Phi) is 14.1. The molecule has 2 aliphatic heterocycles. The number of rotatable bonds is 12. The van der Waals surface area contributed by atoms with Crippen molar-refractivity contribution in [3.05, 3.63) is 11.8 Å². The van der Waals surface area contributed by atoms with Gasteiger partial charge >= 0.3 is 12.2 Å². The van der Waals surface area contributed by atoms with Crippen LogP contribution in [0.2, 0.25) is 0 Å². The quantitative estimate of drug-likeness (QED) is 0.133. The van der Waals surface area contributed by atoms with Crippen molar-refractivity contribution in [1.82, 2.24) is 20.9 Å². The fraction of sp³-hybridized carbons (Fsp3) is 0.861. The first-order valence-corrected chi connectivity index (χ1v) is 18.6. The standard InChI is InChI=1S/C36H63N5O12/c1-34(2,3)52-32(46)39-17-23(42)30(45)40-22-14-21(37)25(24-11-9-10-20(50-24)16-38-15-19-12-13-19)26(43)28(22)51-31-27(44)29(36(7,48)18-49-31)41(8)33(47)53-35(4,5)6/h10,19,21-29,31,38,42-44,48H,9,11-18,37H2,1-8H3,(H,39,46)(H,40,45). The Morgan fingerprint density at radius 2 is 1.74 bits per heavy atom. The molecule has 0 radical (unpaired) electrons. The number of carbonyl (C=O) groups is 3. The number of allylic oxidation sites excluding steroid dienone is 1. The zero-order chi connectivity index (χ0) is 39.5. The molecule has 304 valence electrons. The predicted octanol–water partition coefficient (Wildman–Crippen LogP) is 0.216. The van der Waals surface area contributed by atoms with E-state index >= 15 is 0 Å². The molecule has 4 rings (SSSR count). The maximum Gasteiger partial charge on any atom is 0.410 e. The van der Waals surface area contributed by atoms with Crippen molar-refractivity contribution < 1.29 is 58.5 Å². The molecule has 9 N–H and O–H groups in total. The van der Waals surface area contributed by atoms with Gasteiger partial charge in [-0.3, -0.25) is 4.79 Å². The second kappa shape index (κ2) is 17.4. The number of hydrogen-bond acceptors (Lipinski definition) is 14. The summed E-state index contributed by atoms with van der Waals surface area (Å²) < 4.78 is 29.1. The largest absolute Gasteiger partial charge is 0.493 e. The third-order valence-electron chi connectivity index (χ3n) is 9.77. The molecule has 3 fully saturated rings. The Labute approximate surface area is 312 Å². The minimum atomic E-state index is -1.73. The molecule has 0 aromatic carbocycles. The molecule has 4 aliphatic rings. The van der Waals surface area contributed by atoms with Gasteiger partial charge in [0.25, 0.3) is 5.91 Å². The molecule has 17 nitrogen and oxygen atoms in total. The summed E-state index contributed by atoms with van der Waals surface area (Å²) in [5, 5.41) is 54.0. The van der Waals surface area contributed by atoms with Gasteiger partial charge in [-0.1, -0.05) is 0 Å². The fourth-order valence-electron chi connectivity index (χ4n) is 7.11. The second-order valence-electron chi connectivity index (χ2n) is 17.1. The second-order valence-corrected chi connectivity index (χ2v) is 17.1. The highest BCUT2D eigenvalue weighted by molar-refractivity contribution is 5.81. The van der Waals surface area contributed by atoms with E-state index in [2.05, 4.69) is 16.0 Å². The Bertz CT molecular complexity index is 1300. The van der Waals surface area contributed by atoms with Crippen LogP contribution in [0.1, 0.15) is 80.6 Å². The molecular formula is C36H63N5O12. The van der Waals surface area contributed by atoms with Gasteiger partial charge in [0, 0.05) is 19.0 Å². The third kappa shape index (κ3) is 12.1. The van der Waals surface area contributed by atoms with Gasteiger partial charge in [-0.15, -0.1) is 0 Å². The van der Waals surface area contributed by atoms with Gasteiger partial charge in [-0.05, 0) is 99.1 Å². The van der Waals surface area contributed by atoms with Crippen molar-refractivity contribution >= 4 is 18.1 Å². The number of nitrogens with two attached hydrogens (primary N) is 1. The lowest BCUT2D eigenvalue weighted by Gasteiger charge is -2.51. The molecule has 17 heteroatoms. The van der Waals surface area contributed by atoms with Gasteiger partial charge in [0.2, 0.25) is 0 Å². The summed E-state index contributed by atoms with van der Waals surface area (Å²) in [6.45, 7) is 12.1. The van der Waals surface area contributed by atoms with Crippen LogP contribution in [0.25, 0.3) is 0 Å². The van der Waals surface area contributed by atoms with E-state index in [0.717, 1.165) is 17.2 Å². The topological polar surface area (TPSA) is 244 Å². The Morgan fingerprint density at radius 1 is 1.08 bits per heavy atom. The van der Waals surface area contributed by atoms with Crippen LogP contribution in [-0.4, -0.2) is 148 Å². The van der Waals surface area contributed by atoms with E-state index in [-0.39, 0.29) is 13.0 Å². The SMILES string of the molecule is CN(C(=O)OC(C)(C)C)C1C(O)C(OC2C(NC(=O)C(O)CNC(=O)OC(C)(C)C)CC(N)C(C3CCC=C(CNCC4CC4)O3)C2O)OCC1(C)O. The summed E-state index contributed by atoms with van der Waals surface area (Å²) in [5.41, 5.74) is 3.33. The number of nitrogens with one attached hydrogen (secondary N) is 3. The first-order valence-electron chi connectivity index (χ1n) is 18.6.